The largest absolute Gasteiger partial charge is 0.387 e. The number of β-amino-alcohol motifs (C(OH)–C–C–N with tert-alkyl or cyclic N) is 1. The van der Waals surface area contributed by atoms with Crippen molar-refractivity contribution < 1.29 is 9.84 Å². The maximum Gasteiger partial charge on any atom is 0.0952 e. The molecule has 1 saturated heterocycles. The highest BCUT2D eigenvalue weighted by Gasteiger charge is 2.23. The van der Waals surface area contributed by atoms with Crippen molar-refractivity contribution in [2.24, 2.45) is 0 Å². The Hall–Kier alpha value is -1.39. The van der Waals surface area contributed by atoms with Gasteiger partial charge in [0.15, 0.2) is 0 Å². The predicted molar refractivity (Wildman–Crippen MR) is 88.0 cm³/mol. The van der Waals surface area contributed by atoms with Gasteiger partial charge in [-0.2, -0.15) is 0 Å². The van der Waals surface area contributed by atoms with E-state index in [1.807, 2.05) is 54.6 Å². The Morgan fingerprint density at radius 2 is 1.86 bits per heavy atom. The Labute approximate surface area is 136 Å². The number of morpholine rings is 1. The molecule has 0 spiro atoms. The number of hydrogen-bond acceptors (Lipinski definition) is 3. The fourth-order valence-corrected chi connectivity index (χ4v) is 2.90. The van der Waals surface area contributed by atoms with E-state index in [-0.39, 0.29) is 6.10 Å². The van der Waals surface area contributed by atoms with Gasteiger partial charge >= 0.3 is 0 Å². The van der Waals surface area contributed by atoms with E-state index in [4.69, 9.17) is 16.3 Å². The van der Waals surface area contributed by atoms with Crippen LogP contribution < -0.4 is 0 Å². The number of ether oxygens (including phenoxy) is 1. The van der Waals surface area contributed by atoms with Gasteiger partial charge in [0.25, 0.3) is 0 Å². The summed E-state index contributed by atoms with van der Waals surface area (Å²) in [7, 11) is 0. The van der Waals surface area contributed by atoms with Crippen LogP contribution in [0.2, 0.25) is 5.02 Å². The molecule has 3 rings (SSSR count). The third kappa shape index (κ3) is 3.87. The highest BCUT2D eigenvalue weighted by Crippen LogP contribution is 2.25. The summed E-state index contributed by atoms with van der Waals surface area (Å²) in [6.45, 7) is 2.92. The Morgan fingerprint density at radius 3 is 2.59 bits per heavy atom. The molecular formula is C18H20ClNO2. The average molecular weight is 318 g/mol. The zero-order valence-electron chi connectivity index (χ0n) is 12.4. The molecule has 2 aromatic rings. The first kappa shape index (κ1) is 15.5. The molecule has 22 heavy (non-hydrogen) atoms. The van der Waals surface area contributed by atoms with Gasteiger partial charge < -0.3 is 9.84 Å². The maximum atomic E-state index is 10.4. The molecule has 2 aromatic carbocycles. The van der Waals surface area contributed by atoms with Gasteiger partial charge in [0.1, 0.15) is 0 Å². The first-order chi connectivity index (χ1) is 10.7. The van der Waals surface area contributed by atoms with E-state index in [2.05, 4.69) is 4.90 Å². The Kier molecular flexibility index (Phi) is 5.11. The third-order valence-electron chi connectivity index (χ3n) is 4.01. The smallest absolute Gasteiger partial charge is 0.0952 e. The van der Waals surface area contributed by atoms with Crippen LogP contribution >= 0.6 is 11.6 Å². The molecule has 0 amide bonds. The Morgan fingerprint density at radius 1 is 1.14 bits per heavy atom. The van der Waals surface area contributed by atoms with Gasteiger partial charge in [-0.05, 0) is 23.3 Å². The van der Waals surface area contributed by atoms with Crippen LogP contribution in [0.4, 0.5) is 0 Å². The zero-order valence-corrected chi connectivity index (χ0v) is 13.1. The second-order valence-electron chi connectivity index (χ2n) is 5.60. The van der Waals surface area contributed by atoms with Gasteiger partial charge in [-0.15, -0.1) is 0 Å². The Bertz CT molecular complexity index is 588. The monoisotopic (exact) mass is 317 g/mol. The maximum absolute atomic E-state index is 10.4. The van der Waals surface area contributed by atoms with E-state index >= 15 is 0 Å². The molecule has 1 fully saturated rings. The van der Waals surface area contributed by atoms with Gasteiger partial charge in [-0.1, -0.05) is 54.1 Å². The second-order valence-corrected chi connectivity index (χ2v) is 6.03. The molecule has 3 nitrogen and oxygen atoms in total. The number of nitrogens with zero attached hydrogens (tertiary/aromatic N) is 1. The lowest BCUT2D eigenvalue weighted by Gasteiger charge is -2.34. The minimum Gasteiger partial charge on any atom is -0.387 e. The standard InChI is InChI=1S/C18H20ClNO2/c19-16-8-6-15(7-9-16)18-13-20(10-11-22-18)12-17(21)14-4-2-1-3-5-14/h1-9,17-18,21H,10-13H2. The summed E-state index contributed by atoms with van der Waals surface area (Å²) in [5, 5.41) is 11.1. The average Bonchev–Trinajstić information content (AvgIpc) is 2.56. The minimum atomic E-state index is -0.467. The highest BCUT2D eigenvalue weighted by atomic mass is 35.5. The summed E-state index contributed by atoms with van der Waals surface area (Å²) < 4.78 is 5.86. The van der Waals surface area contributed by atoms with Crippen LogP contribution in [0.1, 0.15) is 23.3 Å². The molecule has 0 aliphatic carbocycles. The van der Waals surface area contributed by atoms with Gasteiger partial charge in [0, 0.05) is 24.7 Å². The topological polar surface area (TPSA) is 32.7 Å². The first-order valence-corrected chi connectivity index (χ1v) is 7.92. The van der Waals surface area contributed by atoms with Crippen LogP contribution in [-0.2, 0) is 4.74 Å². The molecule has 1 heterocycles. The molecule has 116 valence electrons. The van der Waals surface area contributed by atoms with Gasteiger partial charge in [0.2, 0.25) is 0 Å². The van der Waals surface area contributed by atoms with Gasteiger partial charge in [-0.25, -0.2) is 0 Å². The lowest BCUT2D eigenvalue weighted by molar-refractivity contribution is -0.0424. The molecule has 2 unspecified atom stereocenters. The van der Waals surface area contributed by atoms with Crippen LogP contribution in [0.3, 0.4) is 0 Å². The highest BCUT2D eigenvalue weighted by molar-refractivity contribution is 6.30. The van der Waals surface area contributed by atoms with E-state index in [0.717, 1.165) is 29.2 Å². The van der Waals surface area contributed by atoms with E-state index < -0.39 is 6.10 Å². The zero-order chi connectivity index (χ0) is 15.4. The molecule has 0 aromatic heterocycles. The second kappa shape index (κ2) is 7.25. The molecule has 4 heteroatoms. The summed E-state index contributed by atoms with van der Waals surface area (Å²) in [4.78, 5) is 2.25. The SMILES string of the molecule is OC(CN1CCOC(c2ccc(Cl)cc2)C1)c1ccccc1. The summed E-state index contributed by atoms with van der Waals surface area (Å²) in [5.41, 5.74) is 2.08. The van der Waals surface area contributed by atoms with Crippen LogP contribution in [0.25, 0.3) is 0 Å². The summed E-state index contributed by atoms with van der Waals surface area (Å²) in [5.74, 6) is 0. The summed E-state index contributed by atoms with van der Waals surface area (Å²) in [6.07, 6.45) is -0.431. The summed E-state index contributed by atoms with van der Waals surface area (Å²) >= 11 is 5.93. The lowest BCUT2D eigenvalue weighted by Crippen LogP contribution is -2.40. The molecule has 1 aliphatic heterocycles. The van der Waals surface area contributed by atoms with Crippen LogP contribution in [0.5, 0.6) is 0 Å². The molecular weight excluding hydrogens is 298 g/mol. The van der Waals surface area contributed by atoms with Crippen LogP contribution in [-0.4, -0.2) is 36.2 Å². The van der Waals surface area contributed by atoms with Crippen molar-refractivity contribution in [3.63, 3.8) is 0 Å². The summed E-state index contributed by atoms with van der Waals surface area (Å²) in [6, 6.07) is 17.6. The van der Waals surface area contributed by atoms with Crippen molar-refractivity contribution in [3.8, 4) is 0 Å². The molecule has 0 bridgehead atoms. The van der Waals surface area contributed by atoms with Gasteiger partial charge in [0.05, 0.1) is 18.8 Å². The lowest BCUT2D eigenvalue weighted by atomic mass is 10.1. The van der Waals surface area contributed by atoms with Gasteiger partial charge in [-0.3, -0.25) is 4.90 Å². The molecule has 0 saturated carbocycles. The normalized spacial score (nSPS) is 20.7. The fourth-order valence-electron chi connectivity index (χ4n) is 2.77. The van der Waals surface area contributed by atoms with Crippen molar-refractivity contribution in [3.05, 3.63) is 70.7 Å². The van der Waals surface area contributed by atoms with Crippen molar-refractivity contribution in [2.75, 3.05) is 26.2 Å². The molecule has 2 atom stereocenters. The number of rotatable bonds is 4. The Balaban J connectivity index is 1.62. The number of aliphatic hydroxyl groups excluding tert-OH is 1. The van der Waals surface area contributed by atoms with Crippen molar-refractivity contribution in [1.82, 2.24) is 4.90 Å². The number of aliphatic hydroxyl groups is 1. The van der Waals surface area contributed by atoms with E-state index in [9.17, 15) is 5.11 Å². The molecule has 1 aliphatic rings. The number of hydrogen-bond donors (Lipinski definition) is 1. The van der Waals surface area contributed by atoms with Crippen LogP contribution in [0.15, 0.2) is 54.6 Å². The predicted octanol–water partition coefficient (Wildman–Crippen LogP) is 3.45. The molecule has 1 N–H and O–H groups in total. The number of benzene rings is 2. The first-order valence-electron chi connectivity index (χ1n) is 7.55. The fraction of sp³-hybridized carbons (Fsp3) is 0.333. The van der Waals surface area contributed by atoms with Crippen LogP contribution in [0, 0.1) is 0 Å². The van der Waals surface area contributed by atoms with E-state index in [0.29, 0.717) is 13.2 Å². The molecule has 0 radical (unpaired) electrons. The van der Waals surface area contributed by atoms with E-state index in [1.54, 1.807) is 0 Å². The quantitative estimate of drug-likeness (QED) is 0.937. The van der Waals surface area contributed by atoms with Crippen molar-refractivity contribution >= 4 is 11.6 Å². The minimum absolute atomic E-state index is 0.0361. The van der Waals surface area contributed by atoms with Crippen molar-refractivity contribution in [2.45, 2.75) is 12.2 Å². The van der Waals surface area contributed by atoms with Crippen molar-refractivity contribution in [1.29, 1.82) is 0 Å². The third-order valence-corrected chi connectivity index (χ3v) is 4.26. The van der Waals surface area contributed by atoms with E-state index in [1.165, 1.54) is 0 Å². The number of halogens is 1.